The Morgan fingerprint density at radius 1 is 0.969 bits per heavy atom. The summed E-state index contributed by atoms with van der Waals surface area (Å²) in [7, 11) is -3.37. The van der Waals surface area contributed by atoms with Gasteiger partial charge in [-0.1, -0.05) is 0 Å². The van der Waals surface area contributed by atoms with Crippen molar-refractivity contribution in [1.82, 2.24) is 14.9 Å². The second-order valence-corrected chi connectivity index (χ2v) is 11.4. The number of nitrogens with zero attached hydrogens (tertiary/aromatic N) is 3. The first-order valence-corrected chi connectivity index (χ1v) is 13.4. The molecule has 4 rings (SSSR count). The van der Waals surface area contributed by atoms with Crippen LogP contribution in [-0.2, 0) is 19.3 Å². The van der Waals surface area contributed by atoms with Crippen LogP contribution in [0.3, 0.4) is 0 Å². The molecule has 1 aromatic heterocycles. The van der Waals surface area contributed by atoms with Crippen LogP contribution >= 0.6 is 0 Å². The summed E-state index contributed by atoms with van der Waals surface area (Å²) < 4.78 is 40.8. The first-order valence-electron chi connectivity index (χ1n) is 11.5. The van der Waals surface area contributed by atoms with Crippen LogP contribution < -0.4 is 4.74 Å². The number of ether oxygens (including phenoxy) is 3. The summed E-state index contributed by atoms with van der Waals surface area (Å²) >= 11 is 0. The van der Waals surface area contributed by atoms with Gasteiger partial charge in [-0.05, 0) is 65.2 Å². The van der Waals surface area contributed by atoms with E-state index in [2.05, 4.69) is 9.97 Å². The molecule has 3 atom stereocenters. The maximum atomic E-state index is 12.4. The third-order valence-corrected chi connectivity index (χ3v) is 7.49. The fraction of sp³-hybridized carbons (Fsp3) is 0.773. The van der Waals surface area contributed by atoms with E-state index in [4.69, 9.17) is 14.2 Å². The molecule has 2 saturated heterocycles. The molecule has 3 aliphatic rings. The third-order valence-electron chi connectivity index (χ3n) is 6.52. The minimum absolute atomic E-state index is 0.0251. The van der Waals surface area contributed by atoms with E-state index in [9.17, 15) is 13.2 Å². The lowest BCUT2D eigenvalue weighted by Crippen LogP contribution is -2.50. The molecule has 178 valence electrons. The molecule has 2 bridgehead atoms. The highest BCUT2D eigenvalue weighted by molar-refractivity contribution is 7.90. The van der Waals surface area contributed by atoms with Gasteiger partial charge in [0.15, 0.2) is 14.9 Å². The molecule has 2 aliphatic heterocycles. The lowest BCUT2D eigenvalue weighted by Gasteiger charge is -2.40. The minimum Gasteiger partial charge on any atom is -0.473 e. The van der Waals surface area contributed by atoms with Crippen LogP contribution in [-0.4, -0.2) is 72.1 Å². The zero-order valence-corrected chi connectivity index (χ0v) is 19.8. The largest absolute Gasteiger partial charge is 0.473 e. The number of carbonyl (C=O) groups is 1. The highest BCUT2D eigenvalue weighted by atomic mass is 32.2. The first kappa shape index (κ1) is 23.2. The van der Waals surface area contributed by atoms with Gasteiger partial charge in [-0.2, -0.15) is 0 Å². The summed E-state index contributed by atoms with van der Waals surface area (Å²) in [5.74, 6) is 0.346. The number of rotatable bonds is 6. The number of piperidine rings is 1. The maximum absolute atomic E-state index is 12.4. The standard InChI is InChI=1S/C22H33N3O6S/c1-14(2)29-22(26)25-15-4-5-16(25)11-19(10-15)30-17-6-8-18(9-7-17)31-20-12-24-21(13-23-20)32(3,27)28/h12-19H,4-11H2,1-3H3/t15-,16+,17-,18-,19-. The minimum atomic E-state index is -3.37. The predicted molar refractivity (Wildman–Crippen MR) is 116 cm³/mol. The van der Waals surface area contributed by atoms with Crippen LogP contribution in [0.1, 0.15) is 65.2 Å². The van der Waals surface area contributed by atoms with Crippen molar-refractivity contribution in [2.24, 2.45) is 0 Å². The van der Waals surface area contributed by atoms with Gasteiger partial charge in [0, 0.05) is 18.3 Å². The average molecular weight is 468 g/mol. The fourth-order valence-electron chi connectivity index (χ4n) is 5.08. The van der Waals surface area contributed by atoms with E-state index in [-0.39, 0.29) is 47.6 Å². The second kappa shape index (κ2) is 9.51. The van der Waals surface area contributed by atoms with Gasteiger partial charge in [-0.25, -0.2) is 23.2 Å². The van der Waals surface area contributed by atoms with Crippen molar-refractivity contribution < 1.29 is 27.4 Å². The number of hydrogen-bond acceptors (Lipinski definition) is 8. The first-order chi connectivity index (χ1) is 15.2. The summed E-state index contributed by atoms with van der Waals surface area (Å²) in [6.45, 7) is 3.76. The molecule has 3 heterocycles. The molecule has 1 saturated carbocycles. The SMILES string of the molecule is CC(C)OC(=O)N1[C@@H]2CC[C@H]1C[C@H](O[C@H]1CC[C@H](Oc3cnc(S(C)(=O)=O)cn3)CC1)C2. The number of sulfone groups is 1. The molecule has 9 nitrogen and oxygen atoms in total. The molecule has 10 heteroatoms. The van der Waals surface area contributed by atoms with Gasteiger partial charge >= 0.3 is 6.09 Å². The van der Waals surface area contributed by atoms with Crippen molar-refractivity contribution in [1.29, 1.82) is 0 Å². The summed E-state index contributed by atoms with van der Waals surface area (Å²) in [6.07, 6.45) is 11.2. The smallest absolute Gasteiger partial charge is 0.410 e. The van der Waals surface area contributed by atoms with Crippen molar-refractivity contribution in [2.45, 2.75) is 107 Å². The molecule has 0 radical (unpaired) electrons. The van der Waals surface area contributed by atoms with E-state index in [1.807, 2.05) is 18.7 Å². The molecule has 0 aromatic carbocycles. The molecule has 32 heavy (non-hydrogen) atoms. The van der Waals surface area contributed by atoms with Gasteiger partial charge in [0.25, 0.3) is 0 Å². The van der Waals surface area contributed by atoms with E-state index >= 15 is 0 Å². The lowest BCUT2D eigenvalue weighted by atomic mass is 9.93. The number of hydrogen-bond donors (Lipinski definition) is 0. The average Bonchev–Trinajstić information content (AvgIpc) is 3.00. The van der Waals surface area contributed by atoms with Crippen molar-refractivity contribution in [2.75, 3.05) is 6.26 Å². The van der Waals surface area contributed by atoms with Gasteiger partial charge in [-0.3, -0.25) is 0 Å². The molecule has 1 aliphatic carbocycles. The molecular formula is C22H33N3O6S. The summed E-state index contributed by atoms with van der Waals surface area (Å²) in [5.41, 5.74) is 0. The highest BCUT2D eigenvalue weighted by Crippen LogP contribution is 2.39. The second-order valence-electron chi connectivity index (χ2n) is 9.44. The molecule has 3 fully saturated rings. The van der Waals surface area contributed by atoms with E-state index < -0.39 is 9.84 Å². The Bertz CT molecular complexity index is 885. The maximum Gasteiger partial charge on any atom is 0.410 e. The number of fused-ring (bicyclic) bond motifs is 2. The number of aromatic nitrogens is 2. The van der Waals surface area contributed by atoms with Gasteiger partial charge in [0.1, 0.15) is 6.10 Å². The molecule has 0 spiro atoms. The summed E-state index contributed by atoms with van der Waals surface area (Å²) in [4.78, 5) is 22.4. The van der Waals surface area contributed by atoms with Gasteiger partial charge < -0.3 is 19.1 Å². The Balaban J connectivity index is 1.23. The van der Waals surface area contributed by atoms with Crippen LogP contribution in [0.4, 0.5) is 4.79 Å². The topological polar surface area (TPSA) is 108 Å². The van der Waals surface area contributed by atoms with Crippen molar-refractivity contribution >= 4 is 15.9 Å². The monoisotopic (exact) mass is 467 g/mol. The van der Waals surface area contributed by atoms with E-state index in [0.29, 0.717) is 5.88 Å². The summed E-state index contributed by atoms with van der Waals surface area (Å²) in [6, 6.07) is 0.441. The Labute approximate surface area is 189 Å². The van der Waals surface area contributed by atoms with Gasteiger partial charge in [0.05, 0.1) is 30.7 Å². The third kappa shape index (κ3) is 5.51. The molecule has 1 aromatic rings. The zero-order chi connectivity index (χ0) is 22.9. The molecule has 0 unspecified atom stereocenters. The van der Waals surface area contributed by atoms with Gasteiger partial charge in [-0.15, -0.1) is 0 Å². The fourth-order valence-corrected chi connectivity index (χ4v) is 5.57. The number of carbonyl (C=O) groups excluding carboxylic acids is 1. The van der Waals surface area contributed by atoms with E-state index in [1.54, 1.807) is 0 Å². The number of amides is 1. The van der Waals surface area contributed by atoms with E-state index in [1.165, 1.54) is 12.4 Å². The van der Waals surface area contributed by atoms with Crippen LogP contribution in [0, 0.1) is 0 Å². The molecule has 0 N–H and O–H groups in total. The lowest BCUT2D eigenvalue weighted by molar-refractivity contribution is -0.0789. The highest BCUT2D eigenvalue weighted by Gasteiger charge is 2.45. The van der Waals surface area contributed by atoms with Crippen molar-refractivity contribution in [3.8, 4) is 5.88 Å². The molecule has 1 amide bonds. The normalized spacial score (nSPS) is 30.4. The predicted octanol–water partition coefficient (Wildman–Crippen LogP) is 3.13. The van der Waals surface area contributed by atoms with Crippen molar-refractivity contribution in [3.05, 3.63) is 12.4 Å². The van der Waals surface area contributed by atoms with Crippen LogP contribution in [0.2, 0.25) is 0 Å². The van der Waals surface area contributed by atoms with Crippen LogP contribution in [0.5, 0.6) is 5.88 Å². The molecular weight excluding hydrogens is 434 g/mol. The zero-order valence-electron chi connectivity index (χ0n) is 19.0. The summed E-state index contributed by atoms with van der Waals surface area (Å²) in [5, 5.41) is -0.0561. The Morgan fingerprint density at radius 2 is 1.59 bits per heavy atom. The Hall–Kier alpha value is -1.94. The van der Waals surface area contributed by atoms with Crippen LogP contribution in [0.25, 0.3) is 0 Å². The quantitative estimate of drug-likeness (QED) is 0.628. The van der Waals surface area contributed by atoms with Crippen LogP contribution in [0.15, 0.2) is 17.4 Å². The Kier molecular flexibility index (Phi) is 6.90. The van der Waals surface area contributed by atoms with Crippen molar-refractivity contribution in [3.63, 3.8) is 0 Å². The van der Waals surface area contributed by atoms with E-state index in [0.717, 1.165) is 57.6 Å². The Morgan fingerprint density at radius 3 is 2.12 bits per heavy atom. The van der Waals surface area contributed by atoms with Gasteiger partial charge in [0.2, 0.25) is 5.88 Å².